The van der Waals surface area contributed by atoms with Crippen LogP contribution in [-0.2, 0) is 13.0 Å². The van der Waals surface area contributed by atoms with Crippen molar-refractivity contribution in [3.05, 3.63) is 88.9 Å². The summed E-state index contributed by atoms with van der Waals surface area (Å²) in [5.74, 6) is 2.57. The first-order chi connectivity index (χ1) is 20.7. The number of fused-ring (bicyclic) bond motifs is 1. The topological polar surface area (TPSA) is 74.3 Å². The van der Waals surface area contributed by atoms with Crippen molar-refractivity contribution in [2.24, 2.45) is 0 Å². The number of nitrogens with one attached hydrogen (secondary N) is 3. The van der Waals surface area contributed by atoms with Crippen molar-refractivity contribution in [3.63, 3.8) is 0 Å². The van der Waals surface area contributed by atoms with E-state index in [-0.39, 0.29) is 5.60 Å². The Labute approximate surface area is 261 Å². The van der Waals surface area contributed by atoms with Gasteiger partial charge in [0.05, 0.1) is 5.52 Å². The molecule has 0 saturated heterocycles. The van der Waals surface area contributed by atoms with Crippen molar-refractivity contribution in [2.75, 3.05) is 37.4 Å². The molecule has 0 atom stereocenters. The number of nitrogens with zero attached hydrogens (tertiary/aromatic N) is 3. The fourth-order valence-corrected chi connectivity index (χ4v) is 5.75. The van der Waals surface area contributed by atoms with Gasteiger partial charge < -0.3 is 25.6 Å². The Morgan fingerprint density at radius 2 is 1.53 bits per heavy atom. The minimum Gasteiger partial charge on any atom is -0.487 e. The minimum absolute atomic E-state index is 0.307. The van der Waals surface area contributed by atoms with Crippen LogP contribution in [0.1, 0.15) is 50.7 Å². The van der Waals surface area contributed by atoms with E-state index in [1.165, 1.54) is 11.1 Å². The van der Waals surface area contributed by atoms with Crippen molar-refractivity contribution < 1.29 is 4.74 Å². The zero-order valence-electron chi connectivity index (χ0n) is 25.9. The van der Waals surface area contributed by atoms with E-state index in [0.29, 0.717) is 18.0 Å². The fourth-order valence-electron chi connectivity index (χ4n) is 5.63. The van der Waals surface area contributed by atoms with Gasteiger partial charge in [0.1, 0.15) is 17.2 Å². The molecule has 3 aromatic carbocycles. The average Bonchev–Trinajstić information content (AvgIpc) is 3.00. The van der Waals surface area contributed by atoms with Crippen LogP contribution in [0.2, 0.25) is 5.02 Å². The van der Waals surface area contributed by atoms with Crippen LogP contribution in [0.3, 0.4) is 0 Å². The summed E-state index contributed by atoms with van der Waals surface area (Å²) in [7, 11) is 4.06. The molecular weight excluding hydrogens is 556 g/mol. The number of anilines is 2. The van der Waals surface area contributed by atoms with Crippen LogP contribution in [0, 0.1) is 0 Å². The minimum atomic E-state index is -0.307. The maximum absolute atomic E-state index is 6.38. The van der Waals surface area contributed by atoms with Crippen LogP contribution >= 0.6 is 11.6 Å². The molecule has 1 aliphatic rings. The lowest BCUT2D eigenvalue weighted by Crippen LogP contribution is -2.46. The predicted octanol–water partition coefficient (Wildman–Crippen LogP) is 6.85. The van der Waals surface area contributed by atoms with Gasteiger partial charge in [0.2, 0.25) is 5.95 Å². The maximum Gasteiger partial charge on any atom is 0.225 e. The highest BCUT2D eigenvalue weighted by molar-refractivity contribution is 6.30. The molecule has 1 aliphatic carbocycles. The second-order valence-electron chi connectivity index (χ2n) is 12.4. The summed E-state index contributed by atoms with van der Waals surface area (Å²) in [4.78, 5) is 11.7. The highest BCUT2D eigenvalue weighted by Gasteiger charge is 2.26. The molecule has 1 heterocycles. The summed E-state index contributed by atoms with van der Waals surface area (Å²) in [6.07, 6.45) is 5.37. The fraction of sp³-hybridized carbons (Fsp3) is 0.429. The summed E-state index contributed by atoms with van der Waals surface area (Å²) in [6.45, 7) is 6.87. The molecule has 7 nitrogen and oxygen atoms in total. The summed E-state index contributed by atoms with van der Waals surface area (Å²) < 4.78 is 6.38. The number of halogens is 1. The van der Waals surface area contributed by atoms with E-state index in [4.69, 9.17) is 26.3 Å². The molecule has 0 amide bonds. The number of hydrogen-bond donors (Lipinski definition) is 3. The van der Waals surface area contributed by atoms with E-state index in [1.807, 2.05) is 38.4 Å². The number of aromatic nitrogens is 2. The lowest BCUT2D eigenvalue weighted by molar-refractivity contribution is 0.101. The standard InChI is InChI=1S/C35H45ClN6O/c1-35(2,43-30-19-11-25(12-20-30)21-22-37-23-26-9-13-27(36)14-10-26)24-38-28-15-17-29(18-16-28)39-34-40-32-8-6-5-7-31(32)33(41-34)42(3)4/h5-14,19-20,28-29,37-38H,15-18,21-24H2,1-4H3,(H,39,40,41)/t28-,29+. The highest BCUT2D eigenvalue weighted by atomic mass is 35.5. The molecule has 43 heavy (non-hydrogen) atoms. The van der Waals surface area contributed by atoms with Gasteiger partial charge in [-0.05, 0) is 100 Å². The SMILES string of the molecule is CN(C)c1nc(N[C@H]2CC[C@@H](NCC(C)(C)Oc3ccc(CCNCc4ccc(Cl)cc4)cc3)CC2)nc2ccccc12. The van der Waals surface area contributed by atoms with E-state index in [1.54, 1.807) is 0 Å². The first kappa shape index (κ1) is 31.0. The van der Waals surface area contributed by atoms with Gasteiger partial charge >= 0.3 is 0 Å². The molecule has 5 rings (SSSR count). The van der Waals surface area contributed by atoms with Crippen LogP contribution in [0.5, 0.6) is 5.75 Å². The first-order valence-electron chi connectivity index (χ1n) is 15.4. The largest absolute Gasteiger partial charge is 0.487 e. The van der Waals surface area contributed by atoms with Crippen LogP contribution in [0.15, 0.2) is 72.8 Å². The van der Waals surface area contributed by atoms with Gasteiger partial charge in [-0.25, -0.2) is 4.98 Å². The molecule has 0 unspecified atom stereocenters. The van der Waals surface area contributed by atoms with E-state index in [2.05, 4.69) is 83.2 Å². The Morgan fingerprint density at radius 1 is 0.860 bits per heavy atom. The van der Waals surface area contributed by atoms with Crippen molar-refractivity contribution in [1.29, 1.82) is 0 Å². The van der Waals surface area contributed by atoms with E-state index < -0.39 is 0 Å². The lowest BCUT2D eigenvalue weighted by atomic mass is 9.91. The molecule has 0 spiro atoms. The maximum atomic E-state index is 6.38. The zero-order chi connectivity index (χ0) is 30.2. The third-order valence-corrected chi connectivity index (χ3v) is 8.29. The smallest absolute Gasteiger partial charge is 0.225 e. The highest BCUT2D eigenvalue weighted by Crippen LogP contribution is 2.27. The molecule has 8 heteroatoms. The van der Waals surface area contributed by atoms with Gasteiger partial charge in [-0.2, -0.15) is 4.98 Å². The molecule has 0 radical (unpaired) electrons. The van der Waals surface area contributed by atoms with Crippen molar-refractivity contribution in [3.8, 4) is 5.75 Å². The van der Waals surface area contributed by atoms with E-state index in [0.717, 1.165) is 79.2 Å². The van der Waals surface area contributed by atoms with Gasteiger partial charge in [-0.1, -0.05) is 48.0 Å². The Kier molecular flexibility index (Phi) is 10.4. The van der Waals surface area contributed by atoms with Crippen molar-refractivity contribution in [2.45, 2.75) is 70.2 Å². The number of benzene rings is 3. The second kappa shape index (κ2) is 14.4. The van der Waals surface area contributed by atoms with Crippen molar-refractivity contribution in [1.82, 2.24) is 20.6 Å². The van der Waals surface area contributed by atoms with Gasteiger partial charge in [0.25, 0.3) is 0 Å². The Balaban J connectivity index is 1.02. The molecule has 1 saturated carbocycles. The molecule has 1 aromatic heterocycles. The zero-order valence-corrected chi connectivity index (χ0v) is 26.6. The lowest BCUT2D eigenvalue weighted by Gasteiger charge is -2.33. The monoisotopic (exact) mass is 600 g/mol. The molecule has 1 fully saturated rings. The molecule has 228 valence electrons. The quantitative estimate of drug-likeness (QED) is 0.145. The molecule has 4 aromatic rings. The third-order valence-electron chi connectivity index (χ3n) is 8.03. The van der Waals surface area contributed by atoms with Crippen molar-refractivity contribution >= 4 is 34.3 Å². The Morgan fingerprint density at radius 3 is 2.26 bits per heavy atom. The predicted molar refractivity (Wildman–Crippen MR) is 180 cm³/mol. The van der Waals surface area contributed by atoms with Gasteiger partial charge in [0, 0.05) is 49.7 Å². The number of ether oxygens (including phenoxy) is 1. The van der Waals surface area contributed by atoms with Gasteiger partial charge in [0.15, 0.2) is 0 Å². The van der Waals surface area contributed by atoms with E-state index in [9.17, 15) is 0 Å². The third kappa shape index (κ3) is 9.05. The Bertz CT molecular complexity index is 1450. The molecule has 3 N–H and O–H groups in total. The molecule has 0 aliphatic heterocycles. The van der Waals surface area contributed by atoms with Crippen LogP contribution in [0.4, 0.5) is 11.8 Å². The normalized spacial score (nSPS) is 17.1. The van der Waals surface area contributed by atoms with Gasteiger partial charge in [-0.3, -0.25) is 0 Å². The molecular formula is C35H45ClN6O. The Hall–Kier alpha value is -3.39. The van der Waals surface area contributed by atoms with Crippen LogP contribution in [-0.4, -0.2) is 54.8 Å². The number of rotatable bonds is 13. The molecule has 0 bridgehead atoms. The van der Waals surface area contributed by atoms with Crippen LogP contribution in [0.25, 0.3) is 10.9 Å². The summed E-state index contributed by atoms with van der Waals surface area (Å²) >= 11 is 5.97. The first-order valence-corrected chi connectivity index (χ1v) is 15.8. The van der Waals surface area contributed by atoms with E-state index >= 15 is 0 Å². The second-order valence-corrected chi connectivity index (χ2v) is 12.9. The summed E-state index contributed by atoms with van der Waals surface area (Å²) in [5, 5.41) is 12.7. The summed E-state index contributed by atoms with van der Waals surface area (Å²) in [5.41, 5.74) is 3.20. The number of para-hydroxylation sites is 1. The number of hydrogen-bond acceptors (Lipinski definition) is 7. The van der Waals surface area contributed by atoms with Crippen LogP contribution < -0.4 is 25.6 Å². The average molecular weight is 601 g/mol. The summed E-state index contributed by atoms with van der Waals surface area (Å²) in [6, 6.07) is 25.5. The van der Waals surface area contributed by atoms with Gasteiger partial charge in [-0.15, -0.1) is 0 Å².